The third-order valence-corrected chi connectivity index (χ3v) is 14.3. The summed E-state index contributed by atoms with van der Waals surface area (Å²) < 4.78 is 9.62. The number of aromatic nitrogens is 4. The first kappa shape index (κ1) is 48.7. The average molecular weight is 937 g/mol. The molecule has 3 aromatic carbocycles. The number of aromatic amines is 2. The second kappa shape index (κ2) is 20.5. The summed E-state index contributed by atoms with van der Waals surface area (Å²) >= 11 is 0. The topological polar surface area (TPSA) is 175 Å². The molecule has 5 aromatic rings. The molecular formula is C55H68N8O6. The van der Waals surface area contributed by atoms with Crippen LogP contribution in [0.25, 0.3) is 28.1 Å². The van der Waals surface area contributed by atoms with Crippen LogP contribution in [0, 0.1) is 11.8 Å². The van der Waals surface area contributed by atoms with Crippen LogP contribution in [-0.4, -0.2) is 93.1 Å². The van der Waals surface area contributed by atoms with Crippen molar-refractivity contribution in [2.75, 3.05) is 27.3 Å². The molecule has 2 aromatic heterocycles. The number of carbonyl (C=O) groups excluding carboxylic acids is 4. The van der Waals surface area contributed by atoms with E-state index < -0.39 is 24.3 Å². The van der Waals surface area contributed by atoms with Gasteiger partial charge in [-0.1, -0.05) is 127 Å². The monoisotopic (exact) mass is 937 g/mol. The molecule has 0 bridgehead atoms. The third-order valence-electron chi connectivity index (χ3n) is 14.3. The Kier molecular flexibility index (Phi) is 14.5. The minimum atomic E-state index is -0.696. The maximum atomic E-state index is 13.8. The smallest absolute Gasteiger partial charge is 0.407 e. The molecule has 69 heavy (non-hydrogen) atoms. The lowest BCUT2D eigenvalue weighted by atomic mass is 9.77. The number of imidazole rings is 2. The molecule has 1 aliphatic carbocycles. The van der Waals surface area contributed by atoms with Crippen molar-refractivity contribution in [3.63, 3.8) is 0 Å². The second-order valence-corrected chi connectivity index (χ2v) is 20.5. The van der Waals surface area contributed by atoms with Gasteiger partial charge in [0.15, 0.2) is 0 Å². The first-order valence-electron chi connectivity index (χ1n) is 24.5. The zero-order valence-corrected chi connectivity index (χ0v) is 41.5. The molecule has 14 nitrogen and oxygen atoms in total. The van der Waals surface area contributed by atoms with Gasteiger partial charge < -0.3 is 39.9 Å². The number of H-pyrrole nitrogens is 2. The van der Waals surface area contributed by atoms with Crippen LogP contribution in [0.1, 0.15) is 138 Å². The number of alkyl carbamates (subject to hydrolysis) is 2. The number of hydrogen-bond acceptors (Lipinski definition) is 8. The molecular weight excluding hydrogens is 869 g/mol. The molecule has 14 heteroatoms. The van der Waals surface area contributed by atoms with E-state index in [4.69, 9.17) is 19.4 Å². The summed E-state index contributed by atoms with van der Waals surface area (Å²) in [4.78, 5) is 72.0. The Morgan fingerprint density at radius 3 is 1.51 bits per heavy atom. The van der Waals surface area contributed by atoms with E-state index in [1.54, 1.807) is 0 Å². The Hall–Kier alpha value is -6.70. The fourth-order valence-corrected chi connectivity index (χ4v) is 10.4. The molecule has 8 rings (SSSR count). The molecule has 2 unspecified atom stereocenters. The summed E-state index contributed by atoms with van der Waals surface area (Å²) in [6.45, 7) is 15.6. The maximum Gasteiger partial charge on any atom is 0.407 e. The number of allylic oxidation sites excluding steroid dienone is 2. The van der Waals surface area contributed by atoms with E-state index >= 15 is 0 Å². The van der Waals surface area contributed by atoms with E-state index in [0.717, 1.165) is 71.8 Å². The van der Waals surface area contributed by atoms with Crippen molar-refractivity contribution in [1.82, 2.24) is 40.4 Å². The molecule has 0 radical (unpaired) electrons. The summed E-state index contributed by atoms with van der Waals surface area (Å²) in [7, 11) is 2.60. The van der Waals surface area contributed by atoms with E-state index in [2.05, 4.69) is 120 Å². The average Bonchev–Trinajstić information content (AvgIpc) is 4.21. The minimum Gasteiger partial charge on any atom is -0.453 e. The van der Waals surface area contributed by atoms with Gasteiger partial charge in [0.2, 0.25) is 11.8 Å². The highest BCUT2D eigenvalue weighted by molar-refractivity contribution is 5.87. The first-order valence-corrected chi connectivity index (χ1v) is 24.5. The molecule has 3 aliphatic rings. The molecule has 2 aliphatic heterocycles. The highest BCUT2D eigenvalue weighted by Gasteiger charge is 2.40. The van der Waals surface area contributed by atoms with Crippen LogP contribution in [0.3, 0.4) is 0 Å². The standard InChI is InChI=1S/C55H68N8O6/c1-32(2)47(60-53(66)68-8)51(64)62-28-10-12-44(62)49-56-30-42(58-49)36-18-14-34(15-19-36)40-26-27-41(46(40)38-22-24-39(25-23-38)55(5,6)7)35-16-20-37(21-17-35)43-31-57-50(59-43)45-13-11-29-63(45)52(65)48(33(3)4)61-54(67)69-9/h14-26,30-33,41,44-48H,10-13,27-29H2,1-9H3,(H,56,58)(H,57,59)(H,60,66)(H,61,67)/t41?,44-,45-,46?,47-,48-/m0/s1. The number of likely N-dealkylation sites (tertiary alicyclic amines) is 2. The maximum absolute atomic E-state index is 13.8. The lowest BCUT2D eigenvalue weighted by Gasteiger charge is -2.30. The zero-order valence-electron chi connectivity index (χ0n) is 41.5. The number of benzene rings is 3. The van der Waals surface area contributed by atoms with Crippen LogP contribution in [0.15, 0.2) is 91.3 Å². The van der Waals surface area contributed by atoms with Crippen LogP contribution < -0.4 is 10.6 Å². The van der Waals surface area contributed by atoms with Gasteiger partial charge in [-0.05, 0) is 94.2 Å². The number of carbonyl (C=O) groups is 4. The molecule has 0 spiro atoms. The molecule has 6 atom stereocenters. The van der Waals surface area contributed by atoms with Crippen molar-refractivity contribution in [2.45, 2.75) is 122 Å². The van der Waals surface area contributed by atoms with Crippen LogP contribution in [0.2, 0.25) is 0 Å². The van der Waals surface area contributed by atoms with Gasteiger partial charge in [-0.25, -0.2) is 19.6 Å². The van der Waals surface area contributed by atoms with Gasteiger partial charge in [0.05, 0.1) is 50.1 Å². The van der Waals surface area contributed by atoms with Gasteiger partial charge in [-0.3, -0.25) is 9.59 Å². The van der Waals surface area contributed by atoms with Crippen molar-refractivity contribution < 1.29 is 28.7 Å². The summed E-state index contributed by atoms with van der Waals surface area (Å²) in [5, 5.41) is 5.46. The Morgan fingerprint density at radius 1 is 0.638 bits per heavy atom. The Balaban J connectivity index is 1.00. The lowest BCUT2D eigenvalue weighted by Crippen LogP contribution is -2.51. The number of nitrogens with zero attached hydrogens (tertiary/aromatic N) is 4. The van der Waals surface area contributed by atoms with Gasteiger partial charge in [0, 0.05) is 19.0 Å². The molecule has 4 N–H and O–H groups in total. The predicted molar refractivity (Wildman–Crippen MR) is 267 cm³/mol. The molecule has 2 saturated heterocycles. The van der Waals surface area contributed by atoms with Crippen molar-refractivity contribution >= 4 is 29.6 Å². The minimum absolute atomic E-state index is 0.0323. The summed E-state index contributed by atoms with van der Waals surface area (Å²) in [6.07, 6.45) is 8.99. The molecule has 0 saturated carbocycles. The van der Waals surface area contributed by atoms with E-state index in [1.807, 2.05) is 49.9 Å². The zero-order chi connectivity index (χ0) is 49.1. The third kappa shape index (κ3) is 10.4. The van der Waals surface area contributed by atoms with Crippen LogP contribution in [0.4, 0.5) is 9.59 Å². The lowest BCUT2D eigenvalue weighted by molar-refractivity contribution is -0.136. The number of rotatable bonds is 13. The number of nitrogens with one attached hydrogen (secondary N) is 4. The Labute approximate surface area is 406 Å². The van der Waals surface area contributed by atoms with Gasteiger partial charge in [0.1, 0.15) is 23.7 Å². The van der Waals surface area contributed by atoms with E-state index in [1.165, 1.54) is 36.5 Å². The van der Waals surface area contributed by atoms with Gasteiger partial charge >= 0.3 is 12.2 Å². The second-order valence-electron chi connectivity index (χ2n) is 20.5. The quantitative estimate of drug-likeness (QED) is 0.0902. The van der Waals surface area contributed by atoms with Crippen molar-refractivity contribution in [2.24, 2.45) is 11.8 Å². The fraction of sp³-hybridized carbons (Fsp3) is 0.455. The van der Waals surface area contributed by atoms with Crippen LogP contribution in [-0.2, 0) is 24.5 Å². The van der Waals surface area contributed by atoms with E-state index in [0.29, 0.717) is 13.1 Å². The Bertz CT molecular complexity index is 2640. The van der Waals surface area contributed by atoms with Gasteiger partial charge in [0.25, 0.3) is 0 Å². The molecule has 4 amide bonds. The van der Waals surface area contributed by atoms with E-state index in [-0.39, 0.29) is 53.0 Å². The van der Waals surface area contributed by atoms with Crippen molar-refractivity contribution in [1.29, 1.82) is 0 Å². The summed E-state index contributed by atoms with van der Waals surface area (Å²) in [5.74, 6) is 1.31. The largest absolute Gasteiger partial charge is 0.453 e. The van der Waals surface area contributed by atoms with Crippen LogP contribution >= 0.6 is 0 Å². The van der Waals surface area contributed by atoms with Crippen LogP contribution in [0.5, 0.6) is 0 Å². The van der Waals surface area contributed by atoms with Crippen molar-refractivity contribution in [3.8, 4) is 22.5 Å². The van der Waals surface area contributed by atoms with Gasteiger partial charge in [-0.2, -0.15) is 0 Å². The number of methoxy groups -OCH3 is 2. The predicted octanol–water partition coefficient (Wildman–Crippen LogP) is 10.2. The summed E-state index contributed by atoms with van der Waals surface area (Å²) in [6, 6.07) is 24.8. The highest BCUT2D eigenvalue weighted by Crippen LogP contribution is 2.51. The number of ether oxygens (including phenoxy) is 2. The first-order chi connectivity index (χ1) is 33.1. The van der Waals surface area contributed by atoms with Crippen molar-refractivity contribution in [3.05, 3.63) is 125 Å². The summed E-state index contributed by atoms with van der Waals surface area (Å²) in [5.41, 5.74) is 10.1. The SMILES string of the molecule is COC(=O)N[C@H](C(=O)N1CCC[C@H]1c1ncc(-c2ccc(C3=CCC(c4ccc(-c5cnc([C@@H]6CCCN6C(=O)[C@@H](NC(=O)OC)C(C)C)[nH]5)cc4)C3c3ccc(C(C)(C)C)cc3)cc2)[nH]1)C(C)C. The molecule has 4 heterocycles. The fourth-order valence-electron chi connectivity index (χ4n) is 10.4. The Morgan fingerprint density at radius 2 is 1.07 bits per heavy atom. The molecule has 364 valence electrons. The van der Waals surface area contributed by atoms with Gasteiger partial charge in [-0.15, -0.1) is 0 Å². The number of hydrogen-bond donors (Lipinski definition) is 4. The highest BCUT2D eigenvalue weighted by atomic mass is 16.5. The molecule has 2 fully saturated rings. The normalized spacial score (nSPS) is 20.2. The van der Waals surface area contributed by atoms with E-state index in [9.17, 15) is 19.2 Å². The number of amides is 4.